The zero-order valence-electron chi connectivity index (χ0n) is 9.69. The van der Waals surface area contributed by atoms with Gasteiger partial charge in [-0.3, -0.25) is 9.35 Å². The van der Waals surface area contributed by atoms with Gasteiger partial charge >= 0.3 is 0 Å². The molecule has 0 fully saturated rings. The van der Waals surface area contributed by atoms with Gasteiger partial charge < -0.3 is 5.32 Å². The molecule has 1 amide bonds. The first-order chi connectivity index (χ1) is 7.26. The van der Waals surface area contributed by atoms with Gasteiger partial charge in [0.25, 0.3) is 10.1 Å². The van der Waals surface area contributed by atoms with Crippen LogP contribution in [0, 0.1) is 5.92 Å². The Morgan fingerprint density at radius 2 is 2.06 bits per heavy atom. The highest BCUT2D eigenvalue weighted by Gasteiger charge is 2.13. The van der Waals surface area contributed by atoms with Crippen molar-refractivity contribution in [3.05, 3.63) is 12.2 Å². The molecule has 0 saturated heterocycles. The monoisotopic (exact) mass is 249 g/mol. The van der Waals surface area contributed by atoms with E-state index in [0.29, 0.717) is 12.0 Å². The summed E-state index contributed by atoms with van der Waals surface area (Å²) in [4.78, 5) is 11.4. The van der Waals surface area contributed by atoms with E-state index in [-0.39, 0.29) is 24.1 Å². The molecule has 6 heteroatoms. The molecule has 16 heavy (non-hydrogen) atoms. The van der Waals surface area contributed by atoms with Crippen molar-refractivity contribution in [2.45, 2.75) is 26.7 Å². The fourth-order valence-corrected chi connectivity index (χ4v) is 2.06. The molecule has 0 spiro atoms. The van der Waals surface area contributed by atoms with Gasteiger partial charge in [0.1, 0.15) is 0 Å². The van der Waals surface area contributed by atoms with Crippen molar-refractivity contribution in [3.8, 4) is 0 Å². The third kappa shape index (κ3) is 7.42. The molecule has 0 saturated carbocycles. The van der Waals surface area contributed by atoms with Crippen molar-refractivity contribution >= 4 is 16.0 Å². The molecule has 0 heterocycles. The van der Waals surface area contributed by atoms with E-state index in [9.17, 15) is 13.2 Å². The number of carbonyl (C=O) groups is 1. The molecule has 1 atom stereocenters. The minimum Gasteiger partial charge on any atom is -0.352 e. The lowest BCUT2D eigenvalue weighted by Crippen LogP contribution is -2.31. The maximum Gasteiger partial charge on any atom is 0.265 e. The van der Waals surface area contributed by atoms with Crippen LogP contribution in [0.15, 0.2) is 12.2 Å². The van der Waals surface area contributed by atoms with Gasteiger partial charge in [0.15, 0.2) is 0 Å². The van der Waals surface area contributed by atoms with Crippen LogP contribution < -0.4 is 5.32 Å². The molecule has 0 aliphatic heterocycles. The first kappa shape index (κ1) is 15.1. The van der Waals surface area contributed by atoms with E-state index in [1.807, 2.05) is 6.92 Å². The molecule has 0 rings (SSSR count). The highest BCUT2D eigenvalue weighted by molar-refractivity contribution is 7.85. The van der Waals surface area contributed by atoms with Crippen LogP contribution in [-0.2, 0) is 14.9 Å². The van der Waals surface area contributed by atoms with Crippen molar-refractivity contribution in [3.63, 3.8) is 0 Å². The summed E-state index contributed by atoms with van der Waals surface area (Å²) in [6.07, 6.45) is 1.46. The normalized spacial score (nSPS) is 13.2. The molecule has 5 nitrogen and oxygen atoms in total. The number of nitrogens with one attached hydrogen (secondary N) is 1. The molecule has 0 aliphatic carbocycles. The van der Waals surface area contributed by atoms with Crippen LogP contribution in [0.3, 0.4) is 0 Å². The van der Waals surface area contributed by atoms with Gasteiger partial charge in [-0.05, 0) is 12.3 Å². The van der Waals surface area contributed by atoms with Crippen LogP contribution in [-0.4, -0.2) is 31.2 Å². The molecule has 0 aliphatic rings. The summed E-state index contributed by atoms with van der Waals surface area (Å²) >= 11 is 0. The Hall–Kier alpha value is -0.880. The largest absolute Gasteiger partial charge is 0.352 e. The Kier molecular flexibility index (Phi) is 6.28. The van der Waals surface area contributed by atoms with Gasteiger partial charge in [0.05, 0.1) is 5.75 Å². The van der Waals surface area contributed by atoms with Gasteiger partial charge in [-0.25, -0.2) is 0 Å². The van der Waals surface area contributed by atoms with Crippen LogP contribution in [0.4, 0.5) is 0 Å². The predicted octanol–water partition coefficient (Wildman–Crippen LogP) is 0.983. The van der Waals surface area contributed by atoms with Crippen molar-refractivity contribution in [2.24, 2.45) is 5.92 Å². The van der Waals surface area contributed by atoms with Gasteiger partial charge in [0, 0.05) is 12.1 Å². The van der Waals surface area contributed by atoms with Crippen LogP contribution >= 0.6 is 0 Å². The van der Waals surface area contributed by atoms with E-state index in [0.717, 1.165) is 6.42 Å². The maximum absolute atomic E-state index is 11.4. The number of amides is 1. The lowest BCUT2D eigenvalue weighted by molar-refractivity contribution is -0.117. The molecule has 0 radical (unpaired) electrons. The smallest absolute Gasteiger partial charge is 0.265 e. The highest BCUT2D eigenvalue weighted by atomic mass is 32.2. The molecule has 2 N–H and O–H groups in total. The zero-order chi connectivity index (χ0) is 12.8. The lowest BCUT2D eigenvalue weighted by Gasteiger charge is -2.11. The van der Waals surface area contributed by atoms with Crippen molar-refractivity contribution < 1.29 is 17.8 Å². The first-order valence-electron chi connectivity index (χ1n) is 5.17. The van der Waals surface area contributed by atoms with Crippen LogP contribution in [0.25, 0.3) is 0 Å². The molecule has 0 aromatic heterocycles. The van der Waals surface area contributed by atoms with Gasteiger partial charge in [0.2, 0.25) is 5.91 Å². The maximum atomic E-state index is 11.4. The summed E-state index contributed by atoms with van der Waals surface area (Å²) < 4.78 is 29.7. The van der Waals surface area contributed by atoms with Crippen LogP contribution in [0.2, 0.25) is 0 Å². The average molecular weight is 249 g/mol. The Morgan fingerprint density at radius 3 is 2.50 bits per heavy atom. The highest BCUT2D eigenvalue weighted by Crippen LogP contribution is 2.02. The quantitative estimate of drug-likeness (QED) is 0.520. The molecule has 94 valence electrons. The van der Waals surface area contributed by atoms with Crippen molar-refractivity contribution in [1.82, 2.24) is 5.32 Å². The van der Waals surface area contributed by atoms with Crippen molar-refractivity contribution in [1.29, 1.82) is 0 Å². The predicted molar refractivity (Wildman–Crippen MR) is 62.6 cm³/mol. The Morgan fingerprint density at radius 1 is 1.50 bits per heavy atom. The zero-order valence-corrected chi connectivity index (χ0v) is 10.5. The molecule has 1 unspecified atom stereocenters. The Bertz CT molecular complexity index is 348. The Balaban J connectivity index is 3.97. The molecule has 0 bridgehead atoms. The van der Waals surface area contributed by atoms with Crippen LogP contribution in [0.5, 0.6) is 0 Å². The van der Waals surface area contributed by atoms with E-state index >= 15 is 0 Å². The van der Waals surface area contributed by atoms with Crippen molar-refractivity contribution in [2.75, 3.05) is 12.3 Å². The number of hydrogen-bond acceptors (Lipinski definition) is 3. The summed E-state index contributed by atoms with van der Waals surface area (Å²) in [5.41, 5.74) is 0.488. The number of hydrogen-bond donors (Lipinski definition) is 2. The fourth-order valence-electron chi connectivity index (χ4n) is 1.23. The fraction of sp³-hybridized carbons (Fsp3) is 0.700. The van der Waals surface area contributed by atoms with E-state index in [1.54, 1.807) is 6.92 Å². The second kappa shape index (κ2) is 6.65. The third-order valence-electron chi connectivity index (χ3n) is 1.98. The standard InChI is InChI=1S/C10H19NO4S/c1-4-5-9(3)10(12)11-6-8(2)7-16(13,14)15/h8H,3-7H2,1-2H3,(H,11,12)(H,13,14,15). The minimum absolute atomic E-state index is 0.210. The summed E-state index contributed by atoms with van der Waals surface area (Å²) in [5, 5.41) is 2.58. The van der Waals surface area contributed by atoms with Gasteiger partial charge in [-0.15, -0.1) is 0 Å². The SMILES string of the molecule is C=C(CCC)C(=O)NCC(C)CS(=O)(=O)O. The molecular formula is C10H19NO4S. The molecule has 0 aromatic carbocycles. The summed E-state index contributed by atoms with van der Waals surface area (Å²) in [6.45, 7) is 7.41. The summed E-state index contributed by atoms with van der Waals surface area (Å²) in [6, 6.07) is 0. The third-order valence-corrected chi connectivity index (χ3v) is 2.97. The van der Waals surface area contributed by atoms with Crippen LogP contribution in [0.1, 0.15) is 26.7 Å². The lowest BCUT2D eigenvalue weighted by atomic mass is 10.1. The average Bonchev–Trinajstić information content (AvgIpc) is 2.11. The van der Waals surface area contributed by atoms with E-state index < -0.39 is 10.1 Å². The second-order valence-electron chi connectivity index (χ2n) is 3.92. The Labute approximate surface area is 96.7 Å². The topological polar surface area (TPSA) is 83.5 Å². The number of carbonyl (C=O) groups excluding carboxylic acids is 1. The second-order valence-corrected chi connectivity index (χ2v) is 5.41. The summed E-state index contributed by atoms with van der Waals surface area (Å²) in [5.74, 6) is -0.939. The number of rotatable bonds is 7. The van der Waals surface area contributed by atoms with E-state index in [1.165, 1.54) is 0 Å². The minimum atomic E-state index is -3.98. The first-order valence-corrected chi connectivity index (χ1v) is 6.78. The van der Waals surface area contributed by atoms with Gasteiger partial charge in [-0.2, -0.15) is 8.42 Å². The molecular weight excluding hydrogens is 230 g/mol. The summed E-state index contributed by atoms with van der Waals surface area (Å²) in [7, 11) is -3.98. The molecule has 0 aromatic rings. The van der Waals surface area contributed by atoms with E-state index in [2.05, 4.69) is 11.9 Å². The van der Waals surface area contributed by atoms with Gasteiger partial charge in [-0.1, -0.05) is 26.8 Å². The van der Waals surface area contributed by atoms with E-state index in [4.69, 9.17) is 4.55 Å².